The Kier molecular flexibility index (Phi) is 7.22. The van der Waals surface area contributed by atoms with Crippen molar-refractivity contribution in [1.29, 1.82) is 0 Å². The van der Waals surface area contributed by atoms with E-state index in [9.17, 15) is 4.79 Å². The first-order valence-electron chi connectivity index (χ1n) is 7.86. The predicted octanol–water partition coefficient (Wildman–Crippen LogP) is 4.45. The smallest absolute Gasteiger partial charge is 0.150 e. The monoisotopic (exact) mass is 335 g/mol. The summed E-state index contributed by atoms with van der Waals surface area (Å²) in [5, 5.41) is 0. The normalized spacial score (nSPS) is 9.52. The quantitative estimate of drug-likeness (QED) is 0.700. The molecule has 4 heteroatoms. The molecule has 0 saturated carbocycles. The number of para-hydroxylation sites is 1. The van der Waals surface area contributed by atoms with E-state index in [1.54, 1.807) is 25.3 Å². The minimum Gasteiger partial charge on any atom is -0.497 e. The Hall–Kier alpha value is -3.11. The first-order chi connectivity index (χ1) is 12.2. The van der Waals surface area contributed by atoms with Gasteiger partial charge < -0.3 is 15.2 Å². The molecule has 128 valence electrons. The Balaban J connectivity index is 0.000000196. The van der Waals surface area contributed by atoms with Gasteiger partial charge in [0, 0.05) is 12.1 Å². The fraction of sp³-hybridized carbons (Fsp3) is 0.0952. The first-order valence-corrected chi connectivity index (χ1v) is 7.86. The molecule has 0 saturated heterocycles. The number of carbonyl (C=O) groups is 1. The molecule has 0 aromatic heterocycles. The van der Waals surface area contributed by atoms with Crippen molar-refractivity contribution in [2.75, 3.05) is 7.11 Å². The van der Waals surface area contributed by atoms with Gasteiger partial charge in [-0.2, -0.15) is 0 Å². The van der Waals surface area contributed by atoms with Crippen LogP contribution in [0.25, 0.3) is 0 Å². The highest BCUT2D eigenvalue weighted by Crippen LogP contribution is 2.21. The second kappa shape index (κ2) is 9.90. The van der Waals surface area contributed by atoms with Crippen molar-refractivity contribution < 1.29 is 14.3 Å². The van der Waals surface area contributed by atoms with E-state index in [4.69, 9.17) is 15.2 Å². The van der Waals surface area contributed by atoms with Gasteiger partial charge in [0.15, 0.2) is 0 Å². The molecule has 0 spiro atoms. The van der Waals surface area contributed by atoms with Gasteiger partial charge in [-0.3, -0.25) is 4.79 Å². The molecule has 0 unspecified atom stereocenters. The molecule has 0 radical (unpaired) electrons. The van der Waals surface area contributed by atoms with E-state index in [1.165, 1.54) is 0 Å². The topological polar surface area (TPSA) is 61.5 Å². The standard InChI is InChI=1S/C13H10O2.C8H11NO/c14-10-11-5-4-8-13(9-11)15-12-6-2-1-3-7-12;1-10-8-4-2-3-7(5-8)6-9/h1-10H;2-5H,6,9H2,1H3. The third-order valence-corrected chi connectivity index (χ3v) is 3.34. The van der Waals surface area contributed by atoms with Gasteiger partial charge in [-0.1, -0.05) is 42.5 Å². The number of carbonyl (C=O) groups excluding carboxylic acids is 1. The van der Waals surface area contributed by atoms with E-state index < -0.39 is 0 Å². The van der Waals surface area contributed by atoms with Crippen LogP contribution in [0.3, 0.4) is 0 Å². The Morgan fingerprint density at radius 1 is 0.840 bits per heavy atom. The van der Waals surface area contributed by atoms with E-state index in [0.29, 0.717) is 17.9 Å². The number of aldehydes is 1. The van der Waals surface area contributed by atoms with E-state index in [2.05, 4.69) is 0 Å². The number of ether oxygens (including phenoxy) is 2. The van der Waals surface area contributed by atoms with Gasteiger partial charge >= 0.3 is 0 Å². The predicted molar refractivity (Wildman–Crippen MR) is 99.2 cm³/mol. The van der Waals surface area contributed by atoms with Crippen molar-refractivity contribution in [2.45, 2.75) is 6.54 Å². The minimum atomic E-state index is 0.567. The lowest BCUT2D eigenvalue weighted by Crippen LogP contribution is -1.95. The molecule has 0 bridgehead atoms. The fourth-order valence-electron chi connectivity index (χ4n) is 2.08. The maximum absolute atomic E-state index is 10.6. The third kappa shape index (κ3) is 6.12. The zero-order valence-corrected chi connectivity index (χ0v) is 14.1. The van der Waals surface area contributed by atoms with Gasteiger partial charge in [0.25, 0.3) is 0 Å². The van der Waals surface area contributed by atoms with Gasteiger partial charge in [0.1, 0.15) is 23.5 Å². The molecule has 2 N–H and O–H groups in total. The molecule has 0 fully saturated rings. The molecule has 0 amide bonds. The second-order valence-electron chi connectivity index (χ2n) is 5.16. The molecule has 3 aromatic carbocycles. The average molecular weight is 335 g/mol. The van der Waals surface area contributed by atoms with E-state index in [-0.39, 0.29) is 0 Å². The number of rotatable bonds is 5. The molecule has 0 atom stereocenters. The number of methoxy groups -OCH3 is 1. The van der Waals surface area contributed by atoms with Crippen LogP contribution < -0.4 is 15.2 Å². The molecule has 3 aromatic rings. The Morgan fingerprint density at radius 2 is 1.52 bits per heavy atom. The summed E-state index contributed by atoms with van der Waals surface area (Å²) in [5.41, 5.74) is 7.13. The molecule has 0 heterocycles. The van der Waals surface area contributed by atoms with Crippen LogP contribution in [0.5, 0.6) is 17.2 Å². The van der Waals surface area contributed by atoms with Crippen molar-refractivity contribution in [1.82, 2.24) is 0 Å². The maximum Gasteiger partial charge on any atom is 0.150 e. The summed E-state index contributed by atoms with van der Waals surface area (Å²) in [7, 11) is 1.65. The van der Waals surface area contributed by atoms with Gasteiger partial charge in [-0.05, 0) is 42.0 Å². The van der Waals surface area contributed by atoms with Gasteiger partial charge in [0.2, 0.25) is 0 Å². The molecule has 0 aliphatic rings. The SMILES string of the molecule is COc1cccc(CN)c1.O=Cc1cccc(Oc2ccccc2)c1. The number of hydrogen-bond donors (Lipinski definition) is 1. The summed E-state index contributed by atoms with van der Waals surface area (Å²) in [4.78, 5) is 10.6. The summed E-state index contributed by atoms with van der Waals surface area (Å²) in [6.45, 7) is 0.567. The van der Waals surface area contributed by atoms with Crippen LogP contribution in [0.1, 0.15) is 15.9 Å². The van der Waals surface area contributed by atoms with Crippen LogP contribution in [-0.2, 0) is 6.54 Å². The average Bonchev–Trinajstić information content (AvgIpc) is 2.69. The lowest BCUT2D eigenvalue weighted by Gasteiger charge is -2.04. The van der Waals surface area contributed by atoms with Gasteiger partial charge in [-0.25, -0.2) is 0 Å². The summed E-state index contributed by atoms with van der Waals surface area (Å²) < 4.78 is 10.6. The maximum atomic E-state index is 10.6. The Morgan fingerprint density at radius 3 is 2.20 bits per heavy atom. The van der Waals surface area contributed by atoms with Crippen molar-refractivity contribution >= 4 is 6.29 Å². The highest BCUT2D eigenvalue weighted by atomic mass is 16.5. The number of hydrogen-bond acceptors (Lipinski definition) is 4. The van der Waals surface area contributed by atoms with E-state index in [0.717, 1.165) is 23.3 Å². The highest BCUT2D eigenvalue weighted by Gasteiger charge is 1.97. The second-order valence-corrected chi connectivity index (χ2v) is 5.16. The summed E-state index contributed by atoms with van der Waals surface area (Å²) in [5.74, 6) is 2.30. The zero-order valence-electron chi connectivity index (χ0n) is 14.1. The summed E-state index contributed by atoms with van der Waals surface area (Å²) >= 11 is 0. The molecule has 25 heavy (non-hydrogen) atoms. The Bertz CT molecular complexity index is 769. The highest BCUT2D eigenvalue weighted by molar-refractivity contribution is 5.75. The minimum absolute atomic E-state index is 0.567. The molecular formula is C21H21NO3. The van der Waals surface area contributed by atoms with Crippen molar-refractivity contribution in [3.8, 4) is 17.2 Å². The van der Waals surface area contributed by atoms with E-state index in [1.807, 2.05) is 60.7 Å². The molecule has 4 nitrogen and oxygen atoms in total. The molecule has 0 aliphatic carbocycles. The zero-order chi connectivity index (χ0) is 17.9. The van der Waals surface area contributed by atoms with Crippen molar-refractivity contribution in [3.63, 3.8) is 0 Å². The van der Waals surface area contributed by atoms with Crippen LogP contribution in [0.4, 0.5) is 0 Å². The Labute approximate surface area is 147 Å². The molecule has 3 rings (SSSR count). The third-order valence-electron chi connectivity index (χ3n) is 3.34. The van der Waals surface area contributed by atoms with Crippen LogP contribution in [0, 0.1) is 0 Å². The van der Waals surface area contributed by atoms with Crippen LogP contribution in [0.2, 0.25) is 0 Å². The van der Waals surface area contributed by atoms with Gasteiger partial charge in [0.05, 0.1) is 7.11 Å². The van der Waals surface area contributed by atoms with Crippen LogP contribution >= 0.6 is 0 Å². The largest absolute Gasteiger partial charge is 0.497 e. The summed E-state index contributed by atoms with van der Waals surface area (Å²) in [6, 6.07) is 24.3. The van der Waals surface area contributed by atoms with E-state index >= 15 is 0 Å². The summed E-state index contributed by atoms with van der Waals surface area (Å²) in [6.07, 6.45) is 0.803. The number of nitrogens with two attached hydrogens (primary N) is 1. The molecular weight excluding hydrogens is 314 g/mol. The van der Waals surface area contributed by atoms with Crippen molar-refractivity contribution in [3.05, 3.63) is 90.0 Å². The van der Waals surface area contributed by atoms with Crippen LogP contribution in [0.15, 0.2) is 78.9 Å². The van der Waals surface area contributed by atoms with Gasteiger partial charge in [-0.15, -0.1) is 0 Å². The first kappa shape index (κ1) is 18.2. The van der Waals surface area contributed by atoms with Crippen LogP contribution in [-0.4, -0.2) is 13.4 Å². The lowest BCUT2D eigenvalue weighted by atomic mass is 10.2. The fourth-order valence-corrected chi connectivity index (χ4v) is 2.08. The molecule has 0 aliphatic heterocycles. The van der Waals surface area contributed by atoms with Crippen molar-refractivity contribution in [2.24, 2.45) is 5.73 Å². The number of benzene rings is 3. The lowest BCUT2D eigenvalue weighted by molar-refractivity contribution is 0.112.